The molecule has 0 radical (unpaired) electrons. The number of hydrogen-bond donors (Lipinski definition) is 4. The van der Waals surface area contributed by atoms with E-state index < -0.39 is 24.1 Å². The maximum Gasteiger partial charge on any atom is 0.407 e. The molecule has 0 spiro atoms. The molecule has 9 heteroatoms. The molecule has 9 nitrogen and oxygen atoms in total. The zero-order chi connectivity index (χ0) is 19.9. The number of rotatable bonds is 5. The highest BCUT2D eigenvalue weighted by atomic mass is 16.6. The molecule has 148 valence electrons. The number of allylic oxidation sites excluding steroid dienone is 1. The van der Waals surface area contributed by atoms with Crippen LogP contribution in [0.5, 0.6) is 0 Å². The van der Waals surface area contributed by atoms with Crippen LogP contribution in [0.15, 0.2) is 22.9 Å². The zero-order valence-electron chi connectivity index (χ0n) is 15.6. The molecular weight excluding hydrogens is 354 g/mol. The first-order chi connectivity index (χ1) is 12.7. The quantitative estimate of drug-likeness (QED) is 0.494. The maximum absolute atomic E-state index is 12.3. The average Bonchev–Trinajstić information content (AvgIpc) is 3.16. The number of aliphatic carboxylic acids is 1. The summed E-state index contributed by atoms with van der Waals surface area (Å²) < 4.78 is 5.23. The van der Waals surface area contributed by atoms with Crippen LogP contribution in [0.1, 0.15) is 26.7 Å². The lowest BCUT2D eigenvalue weighted by Crippen LogP contribution is -2.61. The smallest absolute Gasteiger partial charge is 0.407 e. The van der Waals surface area contributed by atoms with Crippen molar-refractivity contribution in [3.8, 4) is 0 Å². The molecule has 3 aliphatic rings. The Bertz CT molecular complexity index is 729. The fourth-order valence-corrected chi connectivity index (χ4v) is 4.18. The lowest BCUT2D eigenvalue weighted by Gasteiger charge is -2.44. The van der Waals surface area contributed by atoms with Crippen molar-refractivity contribution in [2.75, 3.05) is 13.6 Å². The van der Waals surface area contributed by atoms with Gasteiger partial charge < -0.3 is 30.5 Å². The molecule has 3 rings (SSSR count). The number of carbonyl (C=O) groups excluding carboxylic acids is 2. The topological polar surface area (TPSA) is 128 Å². The number of ether oxygens (including phenoxy) is 1. The van der Waals surface area contributed by atoms with Crippen LogP contribution in [-0.4, -0.2) is 71.0 Å². The zero-order valence-corrected chi connectivity index (χ0v) is 15.6. The molecule has 27 heavy (non-hydrogen) atoms. The molecule has 0 aromatic heterocycles. The van der Waals surface area contributed by atoms with Gasteiger partial charge in [0.25, 0.3) is 0 Å². The largest absolute Gasteiger partial charge is 0.477 e. The number of alkyl carbamates (subject to hydrolysis) is 1. The lowest BCUT2D eigenvalue weighted by atomic mass is 9.82. The maximum atomic E-state index is 12.3. The molecule has 2 amide bonds. The SMILES string of the molecule is CNC(=O)O[C@H]1CN[C@H](/C=C(\C)C2=C(C(=O)O)N3C(=O)[C@H]([C@@H](C)O)[C@H]3C2)C1. The van der Waals surface area contributed by atoms with Gasteiger partial charge >= 0.3 is 12.1 Å². The monoisotopic (exact) mass is 379 g/mol. The Morgan fingerprint density at radius 3 is 2.74 bits per heavy atom. The highest BCUT2D eigenvalue weighted by Gasteiger charge is 2.56. The van der Waals surface area contributed by atoms with Crippen molar-refractivity contribution in [1.29, 1.82) is 0 Å². The number of carbonyl (C=O) groups is 3. The third-order valence-corrected chi connectivity index (χ3v) is 5.46. The number of carboxylic acid groups (broad SMARTS) is 1. The Kier molecular flexibility index (Phi) is 5.25. The number of hydrogen-bond acceptors (Lipinski definition) is 6. The van der Waals surface area contributed by atoms with E-state index >= 15 is 0 Å². The Morgan fingerprint density at radius 2 is 2.15 bits per heavy atom. The minimum atomic E-state index is -1.14. The van der Waals surface area contributed by atoms with E-state index in [2.05, 4.69) is 10.6 Å². The molecule has 3 aliphatic heterocycles. The van der Waals surface area contributed by atoms with Crippen molar-refractivity contribution in [3.05, 3.63) is 22.9 Å². The second-order valence-corrected chi connectivity index (χ2v) is 7.26. The molecule has 0 saturated carbocycles. The minimum Gasteiger partial charge on any atom is -0.477 e. The Hall–Kier alpha value is -2.39. The first-order valence-electron chi connectivity index (χ1n) is 9.02. The fourth-order valence-electron chi connectivity index (χ4n) is 4.18. The second kappa shape index (κ2) is 7.32. The third kappa shape index (κ3) is 3.44. The van der Waals surface area contributed by atoms with E-state index in [9.17, 15) is 24.6 Å². The summed E-state index contributed by atoms with van der Waals surface area (Å²) in [5.74, 6) is -2.04. The van der Waals surface area contributed by atoms with Crippen LogP contribution >= 0.6 is 0 Å². The van der Waals surface area contributed by atoms with Crippen LogP contribution in [-0.2, 0) is 14.3 Å². The number of β-lactam (4-membered cyclic amide) rings is 1. The number of nitrogens with zero attached hydrogens (tertiary/aromatic N) is 1. The summed E-state index contributed by atoms with van der Waals surface area (Å²) in [6.07, 6.45) is 1.37. The summed E-state index contributed by atoms with van der Waals surface area (Å²) in [6, 6.07) is -0.360. The Morgan fingerprint density at radius 1 is 1.44 bits per heavy atom. The van der Waals surface area contributed by atoms with Gasteiger partial charge in [-0.1, -0.05) is 6.08 Å². The van der Waals surface area contributed by atoms with Crippen molar-refractivity contribution in [2.45, 2.75) is 51.0 Å². The van der Waals surface area contributed by atoms with Gasteiger partial charge in [0.1, 0.15) is 11.8 Å². The summed E-state index contributed by atoms with van der Waals surface area (Å²) >= 11 is 0. The van der Waals surface area contributed by atoms with Crippen LogP contribution < -0.4 is 10.6 Å². The summed E-state index contributed by atoms with van der Waals surface area (Å²) in [7, 11) is 1.50. The second-order valence-electron chi connectivity index (χ2n) is 7.26. The van der Waals surface area contributed by atoms with Crippen LogP contribution in [0.3, 0.4) is 0 Å². The van der Waals surface area contributed by atoms with Gasteiger partial charge in [-0.15, -0.1) is 0 Å². The summed E-state index contributed by atoms with van der Waals surface area (Å²) in [6.45, 7) is 3.89. The number of aliphatic hydroxyl groups excluding tert-OH is 1. The van der Waals surface area contributed by atoms with Gasteiger partial charge in [-0.25, -0.2) is 9.59 Å². The normalized spacial score (nSPS) is 31.5. The van der Waals surface area contributed by atoms with Gasteiger partial charge in [0.2, 0.25) is 5.91 Å². The molecule has 4 N–H and O–H groups in total. The molecule has 2 fully saturated rings. The van der Waals surface area contributed by atoms with E-state index in [1.165, 1.54) is 11.9 Å². The van der Waals surface area contributed by atoms with Crippen molar-refractivity contribution in [3.63, 3.8) is 0 Å². The van der Waals surface area contributed by atoms with Crippen molar-refractivity contribution in [1.82, 2.24) is 15.5 Å². The van der Waals surface area contributed by atoms with Crippen molar-refractivity contribution in [2.24, 2.45) is 5.92 Å². The predicted octanol–water partition coefficient (Wildman–Crippen LogP) is -0.0306. The van der Waals surface area contributed by atoms with Crippen molar-refractivity contribution < 1.29 is 29.3 Å². The van der Waals surface area contributed by atoms with Gasteiger partial charge in [0.15, 0.2) is 0 Å². The standard InChI is InChI=1S/C18H25N3O6/c1-8(4-10-5-11(7-20-10)27-18(26)19-3)12-6-13-14(9(2)22)16(23)21(13)15(12)17(24)25/h4,9-11,13-14,20,22H,5-7H2,1-3H3,(H,19,26)(H,24,25)/b8-4+/t9-,10-,11-,13-,14-/m1/s1. The van der Waals surface area contributed by atoms with Gasteiger partial charge in [-0.3, -0.25) is 4.79 Å². The highest BCUT2D eigenvalue weighted by Crippen LogP contribution is 2.45. The van der Waals surface area contributed by atoms with Crippen LogP contribution in [0, 0.1) is 5.92 Å². The first-order valence-corrected chi connectivity index (χ1v) is 9.02. The lowest BCUT2D eigenvalue weighted by molar-refractivity contribution is -0.161. The van der Waals surface area contributed by atoms with E-state index in [4.69, 9.17) is 4.74 Å². The molecule has 5 atom stereocenters. The minimum absolute atomic E-state index is 0.00630. The molecule has 0 aliphatic carbocycles. The summed E-state index contributed by atoms with van der Waals surface area (Å²) in [5, 5.41) is 25.1. The highest BCUT2D eigenvalue weighted by molar-refractivity contribution is 6.00. The van der Waals surface area contributed by atoms with Gasteiger partial charge in [-0.05, 0) is 31.4 Å². The van der Waals surface area contributed by atoms with Gasteiger partial charge in [0, 0.05) is 26.1 Å². The van der Waals surface area contributed by atoms with Crippen molar-refractivity contribution >= 4 is 18.0 Å². The number of nitrogens with one attached hydrogen (secondary N) is 2. The van der Waals surface area contributed by atoms with Crippen LogP contribution in [0.4, 0.5) is 4.79 Å². The number of aliphatic hydroxyl groups is 1. The molecule has 0 aromatic rings. The molecule has 3 heterocycles. The Balaban J connectivity index is 1.75. The van der Waals surface area contributed by atoms with E-state index in [1.807, 2.05) is 13.0 Å². The molecular formula is C18H25N3O6. The first kappa shape index (κ1) is 19.4. The predicted molar refractivity (Wildman–Crippen MR) is 94.6 cm³/mol. The Labute approximate surface area is 157 Å². The third-order valence-electron chi connectivity index (χ3n) is 5.46. The van der Waals surface area contributed by atoms with Crippen LogP contribution in [0.2, 0.25) is 0 Å². The number of fused-ring (bicyclic) bond motifs is 1. The summed E-state index contributed by atoms with van der Waals surface area (Å²) in [4.78, 5) is 36.6. The van der Waals surface area contributed by atoms with Gasteiger partial charge in [0.05, 0.1) is 18.1 Å². The van der Waals surface area contributed by atoms with E-state index in [0.29, 0.717) is 25.0 Å². The number of amides is 2. The number of carboxylic acids is 1. The van der Waals surface area contributed by atoms with E-state index in [1.54, 1.807) is 6.92 Å². The molecule has 0 unspecified atom stereocenters. The average molecular weight is 379 g/mol. The molecule has 0 bridgehead atoms. The van der Waals surface area contributed by atoms with E-state index in [0.717, 1.165) is 5.57 Å². The molecule has 0 aromatic carbocycles. The van der Waals surface area contributed by atoms with E-state index in [-0.39, 0.29) is 29.8 Å². The fraction of sp³-hybridized carbons (Fsp3) is 0.611. The molecule has 2 saturated heterocycles. The summed E-state index contributed by atoms with van der Waals surface area (Å²) in [5.41, 5.74) is 1.39. The van der Waals surface area contributed by atoms with Crippen LogP contribution in [0.25, 0.3) is 0 Å². The van der Waals surface area contributed by atoms with Gasteiger partial charge in [-0.2, -0.15) is 0 Å².